The number of hydrogen-bond donors (Lipinski definition) is 1. The molecule has 0 fully saturated rings. The standard InChI is InChI=1S/C13H24N4O2/c1-7-14-11-10(18-6)12(16-9-15-11)19-8-13(2,3)17(4)5/h9H,7-8H2,1-6H3,(H,14,15,16). The lowest BCUT2D eigenvalue weighted by Crippen LogP contribution is -2.43. The average Bonchev–Trinajstić information content (AvgIpc) is 2.36. The van der Waals surface area contributed by atoms with E-state index >= 15 is 0 Å². The Hall–Kier alpha value is -1.56. The topological polar surface area (TPSA) is 59.5 Å². The first-order chi connectivity index (χ1) is 8.92. The second kappa shape index (κ2) is 6.56. The largest absolute Gasteiger partial charge is 0.489 e. The van der Waals surface area contributed by atoms with Crippen LogP contribution in [0.25, 0.3) is 0 Å². The molecule has 0 aromatic carbocycles. The van der Waals surface area contributed by atoms with Crippen molar-refractivity contribution in [1.82, 2.24) is 14.9 Å². The highest BCUT2D eigenvalue weighted by molar-refractivity contribution is 5.54. The number of likely N-dealkylation sites (N-methyl/N-ethyl adjacent to an activating group) is 1. The number of hydrogen-bond acceptors (Lipinski definition) is 6. The summed E-state index contributed by atoms with van der Waals surface area (Å²) in [6.45, 7) is 7.48. The summed E-state index contributed by atoms with van der Waals surface area (Å²) in [5.41, 5.74) is -0.0890. The van der Waals surface area contributed by atoms with Gasteiger partial charge in [-0.15, -0.1) is 0 Å². The van der Waals surface area contributed by atoms with Crippen molar-refractivity contribution in [2.75, 3.05) is 39.7 Å². The summed E-state index contributed by atoms with van der Waals surface area (Å²) in [6, 6.07) is 0. The number of rotatable bonds is 7. The van der Waals surface area contributed by atoms with E-state index in [4.69, 9.17) is 9.47 Å². The molecule has 0 aliphatic carbocycles. The second-order valence-corrected chi connectivity index (χ2v) is 5.09. The van der Waals surface area contributed by atoms with Crippen molar-refractivity contribution in [2.24, 2.45) is 0 Å². The smallest absolute Gasteiger partial charge is 0.262 e. The molecule has 0 spiro atoms. The van der Waals surface area contributed by atoms with E-state index in [9.17, 15) is 0 Å². The molecule has 1 aromatic rings. The van der Waals surface area contributed by atoms with E-state index in [0.717, 1.165) is 6.54 Å². The molecule has 0 amide bonds. The number of methoxy groups -OCH3 is 1. The Kier molecular flexibility index (Phi) is 5.35. The van der Waals surface area contributed by atoms with Crippen LogP contribution in [0.5, 0.6) is 11.6 Å². The van der Waals surface area contributed by atoms with Gasteiger partial charge in [0.1, 0.15) is 12.9 Å². The molecule has 6 nitrogen and oxygen atoms in total. The first-order valence-electron chi connectivity index (χ1n) is 6.35. The van der Waals surface area contributed by atoms with Crippen LogP contribution < -0.4 is 14.8 Å². The quantitative estimate of drug-likeness (QED) is 0.811. The van der Waals surface area contributed by atoms with Crippen molar-refractivity contribution in [3.63, 3.8) is 0 Å². The normalized spacial score (nSPS) is 11.5. The van der Waals surface area contributed by atoms with Crippen LogP contribution in [0.1, 0.15) is 20.8 Å². The van der Waals surface area contributed by atoms with Crippen LogP contribution in [0.4, 0.5) is 5.82 Å². The van der Waals surface area contributed by atoms with E-state index in [1.807, 2.05) is 21.0 Å². The fourth-order valence-electron chi connectivity index (χ4n) is 1.31. The fourth-order valence-corrected chi connectivity index (χ4v) is 1.31. The maximum atomic E-state index is 5.78. The van der Waals surface area contributed by atoms with Gasteiger partial charge in [-0.1, -0.05) is 0 Å². The van der Waals surface area contributed by atoms with Gasteiger partial charge < -0.3 is 19.7 Å². The third-order valence-corrected chi connectivity index (χ3v) is 3.09. The minimum absolute atomic E-state index is 0.0890. The summed E-state index contributed by atoms with van der Waals surface area (Å²) in [5.74, 6) is 1.65. The van der Waals surface area contributed by atoms with Crippen molar-refractivity contribution in [1.29, 1.82) is 0 Å². The lowest BCUT2D eigenvalue weighted by atomic mass is 10.1. The summed E-state index contributed by atoms with van der Waals surface area (Å²) in [5, 5.41) is 3.12. The van der Waals surface area contributed by atoms with Gasteiger partial charge in [-0.2, -0.15) is 4.98 Å². The number of ether oxygens (including phenoxy) is 2. The number of nitrogens with zero attached hydrogens (tertiary/aromatic N) is 3. The van der Waals surface area contributed by atoms with Gasteiger partial charge in [0, 0.05) is 12.1 Å². The molecule has 6 heteroatoms. The Labute approximate surface area is 115 Å². The van der Waals surface area contributed by atoms with Crippen molar-refractivity contribution in [2.45, 2.75) is 26.3 Å². The van der Waals surface area contributed by atoms with Gasteiger partial charge in [0.15, 0.2) is 5.82 Å². The third kappa shape index (κ3) is 3.96. The molecule has 0 atom stereocenters. The minimum Gasteiger partial charge on any atom is -0.489 e. The molecule has 1 rings (SSSR count). The highest BCUT2D eigenvalue weighted by atomic mass is 16.5. The number of aromatic nitrogens is 2. The van der Waals surface area contributed by atoms with E-state index in [-0.39, 0.29) is 5.54 Å². The summed E-state index contributed by atoms with van der Waals surface area (Å²) in [6.07, 6.45) is 1.47. The fraction of sp³-hybridized carbons (Fsp3) is 0.692. The highest BCUT2D eigenvalue weighted by Crippen LogP contribution is 2.31. The molecule has 0 radical (unpaired) electrons. The highest BCUT2D eigenvalue weighted by Gasteiger charge is 2.23. The van der Waals surface area contributed by atoms with Crippen LogP contribution in [-0.4, -0.2) is 54.8 Å². The zero-order valence-corrected chi connectivity index (χ0v) is 12.6. The van der Waals surface area contributed by atoms with Crippen LogP contribution in [0.2, 0.25) is 0 Å². The molecule has 108 valence electrons. The van der Waals surface area contributed by atoms with Crippen LogP contribution in [0.3, 0.4) is 0 Å². The average molecular weight is 268 g/mol. The Balaban J connectivity index is 2.86. The first-order valence-corrected chi connectivity index (χ1v) is 6.35. The molecule has 0 saturated carbocycles. The molecule has 0 unspecified atom stereocenters. The van der Waals surface area contributed by atoms with E-state index in [0.29, 0.717) is 24.1 Å². The lowest BCUT2D eigenvalue weighted by molar-refractivity contribution is 0.108. The van der Waals surface area contributed by atoms with Gasteiger partial charge in [0.25, 0.3) is 5.88 Å². The second-order valence-electron chi connectivity index (χ2n) is 5.09. The van der Waals surface area contributed by atoms with Crippen molar-refractivity contribution >= 4 is 5.82 Å². The van der Waals surface area contributed by atoms with Crippen LogP contribution in [0, 0.1) is 0 Å². The zero-order chi connectivity index (χ0) is 14.5. The van der Waals surface area contributed by atoms with Crippen molar-refractivity contribution < 1.29 is 9.47 Å². The van der Waals surface area contributed by atoms with Gasteiger partial charge in [-0.05, 0) is 34.9 Å². The number of anilines is 1. The molecule has 0 bridgehead atoms. The molecule has 1 heterocycles. The predicted octanol–water partition coefficient (Wildman–Crippen LogP) is 1.64. The zero-order valence-electron chi connectivity index (χ0n) is 12.6. The first kappa shape index (κ1) is 15.5. The van der Waals surface area contributed by atoms with Gasteiger partial charge in [-0.3, -0.25) is 0 Å². The van der Waals surface area contributed by atoms with Crippen LogP contribution in [0.15, 0.2) is 6.33 Å². The molecule has 0 saturated heterocycles. The van der Waals surface area contributed by atoms with Gasteiger partial charge in [0.05, 0.1) is 7.11 Å². The van der Waals surface area contributed by atoms with E-state index in [2.05, 4.69) is 34.0 Å². The summed E-state index contributed by atoms with van der Waals surface area (Å²) in [4.78, 5) is 10.4. The molecular formula is C13H24N4O2. The van der Waals surface area contributed by atoms with Crippen LogP contribution >= 0.6 is 0 Å². The Morgan fingerprint density at radius 3 is 2.53 bits per heavy atom. The summed E-state index contributed by atoms with van der Waals surface area (Å²) in [7, 11) is 5.62. The Morgan fingerprint density at radius 2 is 2.00 bits per heavy atom. The molecule has 0 aliphatic heterocycles. The van der Waals surface area contributed by atoms with Crippen molar-refractivity contribution in [3.8, 4) is 11.6 Å². The summed E-state index contributed by atoms with van der Waals surface area (Å²) < 4.78 is 11.1. The van der Waals surface area contributed by atoms with E-state index in [1.165, 1.54) is 6.33 Å². The SMILES string of the molecule is CCNc1ncnc(OCC(C)(C)N(C)C)c1OC. The maximum absolute atomic E-state index is 5.78. The number of nitrogens with one attached hydrogen (secondary N) is 1. The molecule has 1 N–H and O–H groups in total. The van der Waals surface area contributed by atoms with Gasteiger partial charge in [-0.25, -0.2) is 4.98 Å². The summed E-state index contributed by atoms with van der Waals surface area (Å²) >= 11 is 0. The predicted molar refractivity (Wildman–Crippen MR) is 76.0 cm³/mol. The molecule has 0 aliphatic rings. The monoisotopic (exact) mass is 268 g/mol. The Morgan fingerprint density at radius 1 is 1.32 bits per heavy atom. The minimum atomic E-state index is -0.0890. The van der Waals surface area contributed by atoms with Crippen molar-refractivity contribution in [3.05, 3.63) is 6.33 Å². The van der Waals surface area contributed by atoms with Gasteiger partial charge >= 0.3 is 0 Å². The van der Waals surface area contributed by atoms with E-state index in [1.54, 1.807) is 7.11 Å². The molecule has 1 aromatic heterocycles. The molecular weight excluding hydrogens is 244 g/mol. The van der Waals surface area contributed by atoms with Crippen LogP contribution in [-0.2, 0) is 0 Å². The third-order valence-electron chi connectivity index (χ3n) is 3.09. The maximum Gasteiger partial charge on any atom is 0.262 e. The van der Waals surface area contributed by atoms with E-state index < -0.39 is 0 Å². The molecule has 19 heavy (non-hydrogen) atoms. The lowest BCUT2D eigenvalue weighted by Gasteiger charge is -2.32. The Bertz CT molecular complexity index is 408. The van der Waals surface area contributed by atoms with Gasteiger partial charge in [0.2, 0.25) is 5.75 Å².